The molecule has 8 heteroatoms. The minimum absolute atomic E-state index is 0.0820. The summed E-state index contributed by atoms with van der Waals surface area (Å²) in [5, 5.41) is 5.20. The molecule has 0 saturated heterocycles. The van der Waals surface area contributed by atoms with Gasteiger partial charge in [-0.25, -0.2) is 14.4 Å². The first-order valence-corrected chi connectivity index (χ1v) is 10.9. The Balaban J connectivity index is 1.86. The number of carbonyl (C=O) groups is 3. The molecule has 0 heterocycles. The molecule has 0 aromatic heterocycles. The van der Waals surface area contributed by atoms with Crippen LogP contribution in [-0.2, 0) is 32.2 Å². The summed E-state index contributed by atoms with van der Waals surface area (Å²) in [4.78, 5) is 36.7. The second kappa shape index (κ2) is 13.1. The summed E-state index contributed by atoms with van der Waals surface area (Å²) in [7, 11) is 0. The Morgan fingerprint density at radius 3 is 1.91 bits per heavy atom. The van der Waals surface area contributed by atoms with Crippen molar-refractivity contribution in [1.29, 1.82) is 0 Å². The van der Waals surface area contributed by atoms with E-state index < -0.39 is 29.8 Å². The summed E-state index contributed by atoms with van der Waals surface area (Å²) in [6.45, 7) is 5.77. The fraction of sp³-hybridized carbons (Fsp3) is 0.400. The number of hydrogen-bond donors (Lipinski definition) is 2. The molecule has 0 saturated carbocycles. The molecule has 2 aromatic rings. The molecule has 8 nitrogen and oxygen atoms in total. The fourth-order valence-corrected chi connectivity index (χ4v) is 2.80. The zero-order chi connectivity index (χ0) is 24.1. The van der Waals surface area contributed by atoms with Crippen LogP contribution >= 0.6 is 0 Å². The van der Waals surface area contributed by atoms with Crippen molar-refractivity contribution in [2.75, 3.05) is 6.54 Å². The van der Waals surface area contributed by atoms with Crippen molar-refractivity contribution < 1.29 is 28.6 Å². The summed E-state index contributed by atoms with van der Waals surface area (Å²) in [6, 6.07) is 17.6. The van der Waals surface area contributed by atoms with Gasteiger partial charge in [0.1, 0.15) is 24.9 Å². The van der Waals surface area contributed by atoms with E-state index in [0.717, 1.165) is 11.1 Å². The summed E-state index contributed by atoms with van der Waals surface area (Å²) in [5.74, 6) is -0.576. The third kappa shape index (κ3) is 11.0. The predicted octanol–water partition coefficient (Wildman–Crippen LogP) is 4.33. The molecule has 0 aliphatic heterocycles. The van der Waals surface area contributed by atoms with Crippen LogP contribution in [0.3, 0.4) is 0 Å². The Morgan fingerprint density at radius 1 is 0.818 bits per heavy atom. The molecule has 1 atom stereocenters. The van der Waals surface area contributed by atoms with Crippen molar-refractivity contribution in [3.8, 4) is 0 Å². The van der Waals surface area contributed by atoms with Gasteiger partial charge in [-0.15, -0.1) is 0 Å². The Labute approximate surface area is 194 Å². The van der Waals surface area contributed by atoms with E-state index in [1.165, 1.54) is 0 Å². The van der Waals surface area contributed by atoms with Gasteiger partial charge in [-0.05, 0) is 44.7 Å². The third-order valence-electron chi connectivity index (χ3n) is 4.35. The highest BCUT2D eigenvalue weighted by atomic mass is 16.6. The normalized spacial score (nSPS) is 11.7. The topological polar surface area (TPSA) is 103 Å². The largest absolute Gasteiger partial charge is 0.459 e. The van der Waals surface area contributed by atoms with Crippen molar-refractivity contribution in [2.45, 2.75) is 58.5 Å². The molecule has 0 aliphatic carbocycles. The molecule has 0 radical (unpaired) electrons. The number of carbonyl (C=O) groups excluding carboxylic acids is 3. The van der Waals surface area contributed by atoms with Crippen molar-refractivity contribution >= 4 is 18.2 Å². The van der Waals surface area contributed by atoms with E-state index in [9.17, 15) is 14.4 Å². The summed E-state index contributed by atoms with van der Waals surface area (Å²) in [5.41, 5.74) is 1.07. The summed E-state index contributed by atoms with van der Waals surface area (Å²) in [6.07, 6.45) is -0.589. The Bertz CT molecular complexity index is 881. The first kappa shape index (κ1) is 25.7. The number of amides is 2. The number of esters is 1. The molecule has 0 spiro atoms. The molecule has 2 rings (SSSR count). The second-order valence-electron chi connectivity index (χ2n) is 8.42. The molecule has 0 aliphatic rings. The van der Waals surface area contributed by atoms with Crippen molar-refractivity contribution in [2.24, 2.45) is 0 Å². The van der Waals surface area contributed by atoms with E-state index in [2.05, 4.69) is 10.6 Å². The van der Waals surface area contributed by atoms with E-state index >= 15 is 0 Å². The van der Waals surface area contributed by atoms with Crippen LogP contribution in [-0.4, -0.2) is 36.3 Å². The van der Waals surface area contributed by atoms with E-state index in [1.807, 2.05) is 60.7 Å². The van der Waals surface area contributed by atoms with Crippen molar-refractivity contribution in [3.05, 3.63) is 71.8 Å². The molecule has 2 N–H and O–H groups in total. The molecule has 2 amide bonds. The molecule has 0 fully saturated rings. The standard InChI is InChI=1S/C25H32N2O6/c1-25(2,3)33-23(29)26-16-10-15-21(22(28)31-17-19-11-6-4-7-12-19)27-24(30)32-18-20-13-8-5-9-14-20/h4-9,11-14,21H,10,15-18H2,1-3H3,(H,26,29)(H,27,30)/t21-/m0/s1. The lowest BCUT2D eigenvalue weighted by molar-refractivity contribution is -0.147. The minimum atomic E-state index is -0.919. The third-order valence-corrected chi connectivity index (χ3v) is 4.35. The van der Waals surface area contributed by atoms with Crippen LogP contribution < -0.4 is 10.6 Å². The van der Waals surface area contributed by atoms with E-state index in [-0.39, 0.29) is 26.2 Å². The number of rotatable bonds is 10. The molecule has 2 aromatic carbocycles. The average molecular weight is 457 g/mol. The van der Waals surface area contributed by atoms with E-state index in [1.54, 1.807) is 20.8 Å². The van der Waals surface area contributed by atoms with E-state index in [0.29, 0.717) is 6.42 Å². The quantitative estimate of drug-likeness (QED) is 0.313. The van der Waals surface area contributed by atoms with Gasteiger partial charge < -0.3 is 24.8 Å². The monoisotopic (exact) mass is 456 g/mol. The van der Waals surface area contributed by atoms with E-state index in [4.69, 9.17) is 14.2 Å². The predicted molar refractivity (Wildman–Crippen MR) is 123 cm³/mol. The summed E-state index contributed by atoms with van der Waals surface area (Å²) < 4.78 is 15.8. The maximum absolute atomic E-state index is 12.6. The Morgan fingerprint density at radius 2 is 1.36 bits per heavy atom. The molecule has 0 bridgehead atoms. The molecule has 178 valence electrons. The first-order valence-electron chi connectivity index (χ1n) is 10.9. The molecule has 33 heavy (non-hydrogen) atoms. The highest BCUT2D eigenvalue weighted by molar-refractivity contribution is 5.81. The zero-order valence-corrected chi connectivity index (χ0v) is 19.3. The average Bonchev–Trinajstić information content (AvgIpc) is 2.78. The van der Waals surface area contributed by atoms with Crippen LogP contribution in [0, 0.1) is 0 Å². The van der Waals surface area contributed by atoms with Gasteiger partial charge in [0, 0.05) is 6.54 Å². The Hall–Kier alpha value is -3.55. The van der Waals surface area contributed by atoms with Gasteiger partial charge in [-0.1, -0.05) is 60.7 Å². The fourth-order valence-electron chi connectivity index (χ4n) is 2.80. The number of benzene rings is 2. The lowest BCUT2D eigenvalue weighted by Gasteiger charge is -2.20. The van der Waals surface area contributed by atoms with Crippen LogP contribution in [0.1, 0.15) is 44.7 Å². The maximum atomic E-state index is 12.6. The van der Waals surface area contributed by atoms with Crippen LogP contribution in [0.4, 0.5) is 9.59 Å². The van der Waals surface area contributed by atoms with Crippen molar-refractivity contribution in [3.63, 3.8) is 0 Å². The highest BCUT2D eigenvalue weighted by Gasteiger charge is 2.23. The van der Waals surface area contributed by atoms with Gasteiger partial charge in [0.15, 0.2) is 0 Å². The molecular formula is C25H32N2O6. The van der Waals surface area contributed by atoms with Gasteiger partial charge >= 0.3 is 18.2 Å². The van der Waals surface area contributed by atoms with Gasteiger partial charge in [0.05, 0.1) is 0 Å². The maximum Gasteiger partial charge on any atom is 0.408 e. The van der Waals surface area contributed by atoms with Gasteiger partial charge in [-0.2, -0.15) is 0 Å². The second-order valence-corrected chi connectivity index (χ2v) is 8.42. The lowest BCUT2D eigenvalue weighted by Crippen LogP contribution is -2.42. The number of hydrogen-bond acceptors (Lipinski definition) is 6. The number of alkyl carbamates (subject to hydrolysis) is 2. The molecule has 0 unspecified atom stereocenters. The van der Waals surface area contributed by atoms with Crippen LogP contribution in [0.25, 0.3) is 0 Å². The van der Waals surface area contributed by atoms with Gasteiger partial charge in [0.25, 0.3) is 0 Å². The summed E-state index contributed by atoms with van der Waals surface area (Å²) >= 11 is 0. The number of nitrogens with one attached hydrogen (secondary N) is 2. The Kier molecular flexibility index (Phi) is 10.2. The van der Waals surface area contributed by atoms with Crippen LogP contribution in [0.15, 0.2) is 60.7 Å². The van der Waals surface area contributed by atoms with Crippen LogP contribution in [0.5, 0.6) is 0 Å². The van der Waals surface area contributed by atoms with Crippen LogP contribution in [0.2, 0.25) is 0 Å². The SMILES string of the molecule is CC(C)(C)OC(=O)NCCC[C@H](NC(=O)OCc1ccccc1)C(=O)OCc1ccccc1. The van der Waals surface area contributed by atoms with Gasteiger partial charge in [0.2, 0.25) is 0 Å². The zero-order valence-electron chi connectivity index (χ0n) is 19.3. The molecular weight excluding hydrogens is 424 g/mol. The smallest absolute Gasteiger partial charge is 0.408 e. The lowest BCUT2D eigenvalue weighted by atomic mass is 10.1. The van der Waals surface area contributed by atoms with Gasteiger partial charge in [-0.3, -0.25) is 0 Å². The van der Waals surface area contributed by atoms with Crippen molar-refractivity contribution in [1.82, 2.24) is 10.6 Å². The highest BCUT2D eigenvalue weighted by Crippen LogP contribution is 2.08. The minimum Gasteiger partial charge on any atom is -0.459 e. The number of ether oxygens (including phenoxy) is 3. The first-order chi connectivity index (χ1) is 15.7.